The van der Waals surface area contributed by atoms with Crippen LogP contribution in [0.15, 0.2) is 46.7 Å². The highest BCUT2D eigenvalue weighted by atomic mass is 35.5. The van der Waals surface area contributed by atoms with Crippen molar-refractivity contribution in [3.8, 4) is 0 Å². The van der Waals surface area contributed by atoms with Crippen LogP contribution in [-0.4, -0.2) is 4.76 Å². The summed E-state index contributed by atoms with van der Waals surface area (Å²) in [4.78, 5) is 0. The summed E-state index contributed by atoms with van der Waals surface area (Å²) < 4.78 is -0.738. The van der Waals surface area contributed by atoms with Crippen molar-refractivity contribution in [3.63, 3.8) is 0 Å². The number of rotatable bonds is 2. The number of benzene rings is 1. The van der Waals surface area contributed by atoms with Gasteiger partial charge in [-0.25, -0.2) is 10.2 Å². The molecule has 1 aromatic carbocycles. The van der Waals surface area contributed by atoms with Crippen molar-refractivity contribution in [1.82, 2.24) is 5.43 Å². The minimum atomic E-state index is -0.738. The predicted octanol–water partition coefficient (Wildman–Crippen LogP) is 3.49. The summed E-state index contributed by atoms with van der Waals surface area (Å²) in [6, 6.07) is 7.80. The van der Waals surface area contributed by atoms with Crippen LogP contribution in [0.25, 0.3) is 0 Å². The Labute approximate surface area is 110 Å². The Balaban J connectivity index is 2.17. The molecule has 0 amide bonds. The average Bonchev–Trinajstić information content (AvgIpc) is 2.28. The van der Waals surface area contributed by atoms with Crippen LogP contribution >= 0.6 is 23.2 Å². The summed E-state index contributed by atoms with van der Waals surface area (Å²) in [5, 5.41) is 12.9. The second-order valence-corrected chi connectivity index (χ2v) is 4.85. The van der Waals surface area contributed by atoms with E-state index in [0.717, 1.165) is 11.1 Å². The highest BCUT2D eigenvalue weighted by Gasteiger charge is 2.21. The van der Waals surface area contributed by atoms with Crippen molar-refractivity contribution in [3.05, 3.63) is 63.1 Å². The highest BCUT2D eigenvalue weighted by Crippen LogP contribution is 2.26. The van der Waals surface area contributed by atoms with Crippen LogP contribution in [0.3, 0.4) is 0 Å². The van der Waals surface area contributed by atoms with E-state index in [1.54, 1.807) is 0 Å². The van der Waals surface area contributed by atoms with Gasteiger partial charge >= 0.3 is 0 Å². The number of allylic oxidation sites excluding steroid dienone is 2. The molecule has 1 aliphatic heterocycles. The Morgan fingerprint density at radius 3 is 2.41 bits per heavy atom. The largest absolute Gasteiger partial charge is 0.601 e. The van der Waals surface area contributed by atoms with Crippen molar-refractivity contribution in [2.45, 2.75) is 13.5 Å². The summed E-state index contributed by atoms with van der Waals surface area (Å²) in [5.74, 6) is 0. The van der Waals surface area contributed by atoms with E-state index < -0.39 is 4.76 Å². The maximum atomic E-state index is 12.3. The highest BCUT2D eigenvalue weighted by molar-refractivity contribution is 6.43. The maximum Gasteiger partial charge on any atom is 0.141 e. The molecule has 1 N–H and O–H groups in total. The fourth-order valence-corrected chi connectivity index (χ4v) is 1.88. The third kappa shape index (κ3) is 3.01. The molecule has 5 heteroatoms. The molecule has 0 radical (unpaired) electrons. The first-order valence-corrected chi connectivity index (χ1v) is 5.91. The molecule has 0 spiro atoms. The van der Waals surface area contributed by atoms with Gasteiger partial charge in [-0.05, 0) is 6.92 Å². The van der Waals surface area contributed by atoms with Crippen LogP contribution in [0.4, 0.5) is 0 Å². The second kappa shape index (κ2) is 4.70. The molecule has 0 bridgehead atoms. The molecule has 0 aliphatic carbocycles. The first-order chi connectivity index (χ1) is 7.98. The molecule has 90 valence electrons. The van der Waals surface area contributed by atoms with Gasteiger partial charge in [0.15, 0.2) is 0 Å². The Morgan fingerprint density at radius 1 is 1.18 bits per heavy atom. The molecular formula is C12H12Cl2N2O. The molecule has 1 aromatic rings. The lowest BCUT2D eigenvalue weighted by Crippen LogP contribution is -2.47. The van der Waals surface area contributed by atoms with Gasteiger partial charge in [0.25, 0.3) is 0 Å². The molecule has 0 saturated heterocycles. The normalized spacial score (nSPS) is 23.8. The van der Waals surface area contributed by atoms with E-state index >= 15 is 0 Å². The van der Waals surface area contributed by atoms with Gasteiger partial charge in [0, 0.05) is 5.56 Å². The van der Waals surface area contributed by atoms with Crippen molar-refractivity contribution in [1.29, 1.82) is 0 Å². The molecule has 17 heavy (non-hydrogen) atoms. The summed E-state index contributed by atoms with van der Waals surface area (Å²) >= 11 is 11.6. The number of nitrogens with one attached hydrogen (secondary N) is 1. The average molecular weight is 271 g/mol. The van der Waals surface area contributed by atoms with Crippen LogP contribution in [0.1, 0.15) is 11.1 Å². The molecule has 0 aromatic heterocycles. The maximum absolute atomic E-state index is 12.3. The van der Waals surface area contributed by atoms with Gasteiger partial charge in [0.05, 0.1) is 11.2 Å². The van der Waals surface area contributed by atoms with Crippen molar-refractivity contribution >= 4 is 23.2 Å². The minimum absolute atomic E-state index is 0.261. The smallest absolute Gasteiger partial charge is 0.141 e. The third-order valence-electron chi connectivity index (χ3n) is 2.50. The predicted molar refractivity (Wildman–Crippen MR) is 69.5 cm³/mol. The van der Waals surface area contributed by atoms with E-state index in [9.17, 15) is 5.21 Å². The van der Waals surface area contributed by atoms with Gasteiger partial charge in [0.1, 0.15) is 17.8 Å². The standard InChI is InChI=1S/C12H12Cl2N2O/c1-9-2-4-10(5-3-9)7-16(17)8-12(14)11(13)6-15-16/h2-6,8,15H,7H2,1H3. The van der Waals surface area contributed by atoms with Gasteiger partial charge in [-0.2, -0.15) is 0 Å². The molecule has 0 saturated carbocycles. The molecule has 1 aliphatic rings. The van der Waals surface area contributed by atoms with Gasteiger partial charge in [-0.15, -0.1) is 0 Å². The van der Waals surface area contributed by atoms with Gasteiger partial charge < -0.3 is 5.21 Å². The van der Waals surface area contributed by atoms with Crippen molar-refractivity contribution in [2.24, 2.45) is 0 Å². The van der Waals surface area contributed by atoms with Crippen molar-refractivity contribution in [2.75, 3.05) is 0 Å². The van der Waals surface area contributed by atoms with Gasteiger partial charge in [-0.3, -0.25) is 0 Å². The van der Waals surface area contributed by atoms with E-state index in [0.29, 0.717) is 5.03 Å². The van der Waals surface area contributed by atoms with E-state index in [4.69, 9.17) is 23.2 Å². The fourth-order valence-electron chi connectivity index (χ4n) is 1.57. The van der Waals surface area contributed by atoms with Crippen LogP contribution in [0.5, 0.6) is 0 Å². The Morgan fingerprint density at radius 2 is 1.82 bits per heavy atom. The molecule has 2 rings (SSSR count). The van der Waals surface area contributed by atoms with Crippen molar-refractivity contribution < 1.29 is 4.76 Å². The van der Waals surface area contributed by atoms with E-state index in [-0.39, 0.29) is 11.6 Å². The SMILES string of the molecule is Cc1ccc(C[N+]2([O-])C=C(Cl)C(Cl)=CN2)cc1. The molecule has 1 unspecified atom stereocenters. The van der Waals surface area contributed by atoms with Crippen LogP contribution < -0.4 is 5.43 Å². The number of quaternary nitrogens is 1. The van der Waals surface area contributed by atoms with Crippen LogP contribution in [-0.2, 0) is 6.54 Å². The fraction of sp³-hybridized carbons (Fsp3) is 0.167. The third-order valence-corrected chi connectivity index (χ3v) is 3.21. The molecule has 1 heterocycles. The number of hydrogen-bond acceptors (Lipinski definition) is 2. The van der Waals surface area contributed by atoms with Crippen LogP contribution in [0.2, 0.25) is 0 Å². The Hall–Kier alpha value is -1.00. The summed E-state index contributed by atoms with van der Waals surface area (Å²) in [7, 11) is 0. The molecule has 3 nitrogen and oxygen atoms in total. The second-order valence-electron chi connectivity index (χ2n) is 4.04. The monoisotopic (exact) mass is 270 g/mol. The first kappa shape index (κ1) is 12.5. The van der Waals surface area contributed by atoms with Gasteiger partial charge in [-0.1, -0.05) is 53.0 Å². The lowest BCUT2D eigenvalue weighted by molar-refractivity contribution is -0.883. The molecular weight excluding hydrogens is 259 g/mol. The van der Waals surface area contributed by atoms with E-state index in [1.807, 2.05) is 31.2 Å². The van der Waals surface area contributed by atoms with E-state index in [1.165, 1.54) is 12.4 Å². The zero-order chi connectivity index (χ0) is 12.5. The zero-order valence-electron chi connectivity index (χ0n) is 9.28. The first-order valence-electron chi connectivity index (χ1n) is 5.15. The number of aryl methyl sites for hydroxylation is 1. The van der Waals surface area contributed by atoms with E-state index in [2.05, 4.69) is 5.43 Å². The summed E-state index contributed by atoms with van der Waals surface area (Å²) in [6.45, 7) is 2.26. The summed E-state index contributed by atoms with van der Waals surface area (Å²) in [6.07, 6.45) is 2.77. The summed E-state index contributed by atoms with van der Waals surface area (Å²) in [5.41, 5.74) is 4.76. The molecule has 1 atom stereocenters. The number of halogens is 2. The number of hydrogen-bond donors (Lipinski definition) is 1. The zero-order valence-corrected chi connectivity index (χ0v) is 10.8. The Kier molecular flexibility index (Phi) is 3.45. The minimum Gasteiger partial charge on any atom is -0.601 e. The number of nitrogens with zero attached hydrogens (tertiary/aromatic N) is 1. The lowest BCUT2D eigenvalue weighted by Gasteiger charge is -2.39. The quantitative estimate of drug-likeness (QED) is 0.660. The van der Waals surface area contributed by atoms with Gasteiger partial charge in [0.2, 0.25) is 0 Å². The van der Waals surface area contributed by atoms with Crippen LogP contribution in [0, 0.1) is 12.1 Å². The topological polar surface area (TPSA) is 35.1 Å². The lowest BCUT2D eigenvalue weighted by atomic mass is 10.1. The molecule has 0 fully saturated rings. The Bertz CT molecular complexity index is 482. The number of hydroxylamine groups is 2.